The van der Waals surface area contributed by atoms with Gasteiger partial charge in [-0.2, -0.15) is 0 Å². The summed E-state index contributed by atoms with van der Waals surface area (Å²) in [4.78, 5) is 24.6. The smallest absolute Gasteiger partial charge is 0.255 e. The third-order valence-electron chi connectivity index (χ3n) is 3.98. The SMILES string of the molecule is CCCOc1cccc(C(=O)Nc2ccc(C(=O)NCc3ccco3)cc2)c1. The average molecular weight is 378 g/mol. The van der Waals surface area contributed by atoms with Crippen LogP contribution in [0.4, 0.5) is 5.69 Å². The number of anilines is 1. The molecule has 1 aromatic heterocycles. The van der Waals surface area contributed by atoms with Crippen molar-refractivity contribution in [2.45, 2.75) is 19.9 Å². The minimum absolute atomic E-state index is 0.213. The Bertz CT molecular complexity index is 918. The maximum atomic E-state index is 12.4. The van der Waals surface area contributed by atoms with Crippen molar-refractivity contribution in [1.82, 2.24) is 5.32 Å². The van der Waals surface area contributed by atoms with Crippen LogP contribution < -0.4 is 15.4 Å². The maximum Gasteiger partial charge on any atom is 0.255 e. The molecule has 3 aromatic rings. The molecule has 6 nitrogen and oxygen atoms in total. The summed E-state index contributed by atoms with van der Waals surface area (Å²) in [5.74, 6) is 0.896. The molecule has 28 heavy (non-hydrogen) atoms. The lowest BCUT2D eigenvalue weighted by molar-refractivity contribution is 0.0947. The van der Waals surface area contributed by atoms with Crippen molar-refractivity contribution in [3.63, 3.8) is 0 Å². The summed E-state index contributed by atoms with van der Waals surface area (Å²) in [6, 6.07) is 17.3. The van der Waals surface area contributed by atoms with E-state index >= 15 is 0 Å². The number of hydrogen-bond acceptors (Lipinski definition) is 4. The van der Waals surface area contributed by atoms with Crippen molar-refractivity contribution in [3.8, 4) is 5.75 Å². The highest BCUT2D eigenvalue weighted by molar-refractivity contribution is 6.04. The molecule has 0 aliphatic heterocycles. The molecule has 144 valence electrons. The molecular formula is C22H22N2O4. The molecule has 2 amide bonds. The zero-order valence-electron chi connectivity index (χ0n) is 15.6. The van der Waals surface area contributed by atoms with Gasteiger partial charge in [0, 0.05) is 16.8 Å². The highest BCUT2D eigenvalue weighted by Gasteiger charge is 2.09. The van der Waals surface area contributed by atoms with Crippen LogP contribution in [0.1, 0.15) is 39.8 Å². The maximum absolute atomic E-state index is 12.4. The zero-order valence-corrected chi connectivity index (χ0v) is 15.6. The third kappa shape index (κ3) is 5.23. The second kappa shape index (κ2) is 9.41. The van der Waals surface area contributed by atoms with Crippen LogP contribution in [0.25, 0.3) is 0 Å². The standard InChI is InChI=1S/C22H22N2O4/c1-2-12-27-19-6-3-5-17(14-19)22(26)24-18-10-8-16(9-11-18)21(25)23-15-20-7-4-13-28-20/h3-11,13-14H,2,12,15H2,1H3,(H,23,25)(H,24,26). The molecule has 1 heterocycles. The summed E-state index contributed by atoms with van der Waals surface area (Å²) in [7, 11) is 0. The average Bonchev–Trinajstić information content (AvgIpc) is 3.25. The Labute approximate surface area is 163 Å². The summed E-state index contributed by atoms with van der Waals surface area (Å²) in [6.07, 6.45) is 2.46. The van der Waals surface area contributed by atoms with E-state index in [4.69, 9.17) is 9.15 Å². The number of benzene rings is 2. The van der Waals surface area contributed by atoms with Gasteiger partial charge in [-0.05, 0) is 61.0 Å². The van der Waals surface area contributed by atoms with Crippen molar-refractivity contribution in [1.29, 1.82) is 0 Å². The topological polar surface area (TPSA) is 80.6 Å². The van der Waals surface area contributed by atoms with Gasteiger partial charge in [0.15, 0.2) is 0 Å². The van der Waals surface area contributed by atoms with Crippen LogP contribution in [-0.4, -0.2) is 18.4 Å². The molecule has 0 atom stereocenters. The van der Waals surface area contributed by atoms with Crippen LogP contribution in [-0.2, 0) is 6.54 Å². The zero-order chi connectivity index (χ0) is 19.8. The number of nitrogens with one attached hydrogen (secondary N) is 2. The highest BCUT2D eigenvalue weighted by atomic mass is 16.5. The normalized spacial score (nSPS) is 10.3. The van der Waals surface area contributed by atoms with Crippen LogP contribution in [0.3, 0.4) is 0 Å². The number of carbonyl (C=O) groups excluding carboxylic acids is 2. The summed E-state index contributed by atoms with van der Waals surface area (Å²) >= 11 is 0. The van der Waals surface area contributed by atoms with E-state index < -0.39 is 0 Å². The lowest BCUT2D eigenvalue weighted by Gasteiger charge is -2.09. The molecule has 0 unspecified atom stereocenters. The van der Waals surface area contributed by atoms with E-state index in [0.29, 0.717) is 41.5 Å². The molecule has 0 spiro atoms. The molecule has 2 N–H and O–H groups in total. The van der Waals surface area contributed by atoms with E-state index in [1.165, 1.54) is 0 Å². The number of furan rings is 1. The molecule has 0 fully saturated rings. The highest BCUT2D eigenvalue weighted by Crippen LogP contribution is 2.16. The lowest BCUT2D eigenvalue weighted by Crippen LogP contribution is -2.22. The number of rotatable bonds is 8. The fourth-order valence-electron chi connectivity index (χ4n) is 2.54. The Morgan fingerprint density at radius 3 is 2.50 bits per heavy atom. The first-order valence-electron chi connectivity index (χ1n) is 9.10. The Balaban J connectivity index is 1.57. The summed E-state index contributed by atoms with van der Waals surface area (Å²) in [6.45, 7) is 2.95. The number of hydrogen-bond donors (Lipinski definition) is 2. The summed E-state index contributed by atoms with van der Waals surface area (Å²) in [5, 5.41) is 5.60. The fourth-order valence-corrected chi connectivity index (χ4v) is 2.54. The van der Waals surface area contributed by atoms with Crippen LogP contribution in [0.5, 0.6) is 5.75 Å². The van der Waals surface area contributed by atoms with Crippen molar-refractivity contribution in [3.05, 3.63) is 83.8 Å². The van der Waals surface area contributed by atoms with Gasteiger partial charge in [0.2, 0.25) is 0 Å². The molecule has 2 aromatic carbocycles. The van der Waals surface area contributed by atoms with E-state index in [-0.39, 0.29) is 11.8 Å². The van der Waals surface area contributed by atoms with Crippen LogP contribution in [0.2, 0.25) is 0 Å². The van der Waals surface area contributed by atoms with E-state index in [1.807, 2.05) is 13.0 Å². The van der Waals surface area contributed by atoms with Crippen LogP contribution >= 0.6 is 0 Å². The van der Waals surface area contributed by atoms with Gasteiger partial charge in [0.1, 0.15) is 11.5 Å². The molecule has 6 heteroatoms. The van der Waals surface area contributed by atoms with Crippen LogP contribution in [0.15, 0.2) is 71.3 Å². The van der Waals surface area contributed by atoms with Gasteiger partial charge < -0.3 is 19.8 Å². The molecule has 0 radical (unpaired) electrons. The predicted octanol–water partition coefficient (Wildman–Crippen LogP) is 4.25. The van der Waals surface area contributed by atoms with Gasteiger partial charge in [-0.25, -0.2) is 0 Å². The van der Waals surface area contributed by atoms with Crippen LogP contribution in [0, 0.1) is 0 Å². The minimum Gasteiger partial charge on any atom is -0.494 e. The number of amides is 2. The first-order valence-corrected chi connectivity index (χ1v) is 9.10. The molecule has 0 aliphatic carbocycles. The molecule has 0 saturated carbocycles. The van der Waals surface area contributed by atoms with E-state index in [2.05, 4.69) is 10.6 Å². The Hall–Kier alpha value is -3.54. The summed E-state index contributed by atoms with van der Waals surface area (Å²) in [5.41, 5.74) is 1.61. The van der Waals surface area contributed by atoms with Crippen molar-refractivity contribution < 1.29 is 18.7 Å². The molecule has 0 saturated heterocycles. The Morgan fingerprint density at radius 2 is 1.79 bits per heavy atom. The van der Waals surface area contributed by atoms with Gasteiger partial charge in [-0.15, -0.1) is 0 Å². The first-order chi connectivity index (χ1) is 13.7. The third-order valence-corrected chi connectivity index (χ3v) is 3.98. The Kier molecular flexibility index (Phi) is 6.46. The monoisotopic (exact) mass is 378 g/mol. The van der Waals surface area contributed by atoms with Gasteiger partial charge in [-0.3, -0.25) is 9.59 Å². The molecule has 0 aliphatic rings. The van der Waals surface area contributed by atoms with Crippen molar-refractivity contribution in [2.75, 3.05) is 11.9 Å². The lowest BCUT2D eigenvalue weighted by atomic mass is 10.1. The Morgan fingerprint density at radius 1 is 0.964 bits per heavy atom. The van der Waals surface area contributed by atoms with Crippen molar-refractivity contribution >= 4 is 17.5 Å². The van der Waals surface area contributed by atoms with E-state index in [1.54, 1.807) is 60.9 Å². The fraction of sp³-hybridized carbons (Fsp3) is 0.182. The first kappa shape index (κ1) is 19.2. The number of ether oxygens (including phenoxy) is 1. The molecule has 3 rings (SSSR count). The second-order valence-corrected chi connectivity index (χ2v) is 6.17. The minimum atomic E-state index is -0.239. The van der Waals surface area contributed by atoms with Crippen molar-refractivity contribution in [2.24, 2.45) is 0 Å². The molecular weight excluding hydrogens is 356 g/mol. The molecule has 0 bridgehead atoms. The van der Waals surface area contributed by atoms with Gasteiger partial charge in [0.05, 0.1) is 19.4 Å². The quantitative estimate of drug-likeness (QED) is 0.614. The number of carbonyl (C=O) groups is 2. The predicted molar refractivity (Wildman–Crippen MR) is 107 cm³/mol. The second-order valence-electron chi connectivity index (χ2n) is 6.17. The van der Waals surface area contributed by atoms with E-state index in [0.717, 1.165) is 6.42 Å². The van der Waals surface area contributed by atoms with Gasteiger partial charge in [0.25, 0.3) is 11.8 Å². The van der Waals surface area contributed by atoms with E-state index in [9.17, 15) is 9.59 Å². The van der Waals surface area contributed by atoms with Gasteiger partial charge in [-0.1, -0.05) is 13.0 Å². The largest absolute Gasteiger partial charge is 0.494 e. The van der Waals surface area contributed by atoms with Gasteiger partial charge >= 0.3 is 0 Å². The summed E-state index contributed by atoms with van der Waals surface area (Å²) < 4.78 is 10.7.